The molecule has 0 saturated heterocycles. The molecule has 2 rings (SSSR count). The summed E-state index contributed by atoms with van der Waals surface area (Å²) in [6.45, 7) is 7.67. The highest BCUT2D eigenvalue weighted by molar-refractivity contribution is 5.94. The molecular weight excluding hydrogens is 268 g/mol. The Morgan fingerprint density at radius 2 is 1.90 bits per heavy atom. The predicted octanol–water partition coefficient (Wildman–Crippen LogP) is 2.60. The maximum Gasteiger partial charge on any atom is 0.354 e. The molecule has 0 unspecified atom stereocenters. The fraction of sp³-hybridized carbons (Fsp3) is 0.438. The molecule has 1 N–H and O–H groups in total. The first-order valence-electron chi connectivity index (χ1n) is 6.98. The molecule has 1 amide bonds. The minimum absolute atomic E-state index is 0.108. The number of aromatic nitrogens is 1. The van der Waals surface area contributed by atoms with Crippen LogP contribution in [0, 0.1) is 5.41 Å². The summed E-state index contributed by atoms with van der Waals surface area (Å²) >= 11 is 0. The van der Waals surface area contributed by atoms with Gasteiger partial charge in [-0.3, -0.25) is 4.79 Å². The van der Waals surface area contributed by atoms with Crippen LogP contribution in [-0.2, 0) is 0 Å². The normalized spacial score (nSPS) is 15.6. The van der Waals surface area contributed by atoms with E-state index in [4.69, 9.17) is 5.11 Å². The zero-order chi connectivity index (χ0) is 15.6. The highest BCUT2D eigenvalue weighted by Crippen LogP contribution is 2.30. The quantitative estimate of drug-likeness (QED) is 0.849. The lowest BCUT2D eigenvalue weighted by molar-refractivity contribution is 0.0690. The number of hydrogen-bond donors (Lipinski definition) is 1. The summed E-state index contributed by atoms with van der Waals surface area (Å²) < 4.78 is 0. The van der Waals surface area contributed by atoms with E-state index in [0.29, 0.717) is 13.1 Å². The summed E-state index contributed by atoms with van der Waals surface area (Å²) in [6.07, 6.45) is 2.93. The van der Waals surface area contributed by atoms with E-state index < -0.39 is 5.97 Å². The number of hydrogen-bond acceptors (Lipinski definition) is 3. The Labute approximate surface area is 124 Å². The van der Waals surface area contributed by atoms with Gasteiger partial charge in [-0.2, -0.15) is 0 Å². The summed E-state index contributed by atoms with van der Waals surface area (Å²) in [6, 6.07) is 4.48. The highest BCUT2D eigenvalue weighted by atomic mass is 16.4. The number of carboxylic acids is 1. The Hall–Kier alpha value is -2.17. The second-order valence-corrected chi connectivity index (χ2v) is 6.19. The van der Waals surface area contributed by atoms with Crippen molar-refractivity contribution in [3.63, 3.8) is 0 Å². The molecule has 1 aromatic heterocycles. The maximum atomic E-state index is 12.4. The van der Waals surface area contributed by atoms with Gasteiger partial charge in [-0.05, 0) is 24.0 Å². The molecular formula is C16H20N2O3. The predicted molar refractivity (Wildman–Crippen MR) is 79.3 cm³/mol. The van der Waals surface area contributed by atoms with Crippen LogP contribution >= 0.6 is 0 Å². The maximum absolute atomic E-state index is 12.4. The first-order valence-corrected chi connectivity index (χ1v) is 6.98. The van der Waals surface area contributed by atoms with Crippen LogP contribution in [0.5, 0.6) is 0 Å². The molecule has 112 valence electrons. The second-order valence-electron chi connectivity index (χ2n) is 6.19. The molecule has 21 heavy (non-hydrogen) atoms. The molecule has 0 radical (unpaired) electrons. The van der Waals surface area contributed by atoms with Gasteiger partial charge in [0.1, 0.15) is 11.4 Å². The van der Waals surface area contributed by atoms with E-state index in [-0.39, 0.29) is 22.7 Å². The van der Waals surface area contributed by atoms with E-state index in [9.17, 15) is 9.59 Å². The van der Waals surface area contributed by atoms with Gasteiger partial charge in [0.25, 0.3) is 5.91 Å². The van der Waals surface area contributed by atoms with Gasteiger partial charge in [0.15, 0.2) is 0 Å². The average Bonchev–Trinajstić information content (AvgIpc) is 2.46. The highest BCUT2D eigenvalue weighted by Gasteiger charge is 2.25. The van der Waals surface area contributed by atoms with Gasteiger partial charge in [-0.25, -0.2) is 9.78 Å². The van der Waals surface area contributed by atoms with Crippen molar-refractivity contribution in [3.05, 3.63) is 41.2 Å². The van der Waals surface area contributed by atoms with Crippen molar-refractivity contribution in [2.75, 3.05) is 13.1 Å². The molecule has 1 aromatic rings. The molecule has 1 aliphatic heterocycles. The Morgan fingerprint density at radius 3 is 2.43 bits per heavy atom. The fourth-order valence-electron chi connectivity index (χ4n) is 2.37. The molecule has 0 aromatic carbocycles. The monoisotopic (exact) mass is 288 g/mol. The third kappa shape index (κ3) is 3.48. The van der Waals surface area contributed by atoms with Gasteiger partial charge in [-0.1, -0.05) is 38.5 Å². The summed E-state index contributed by atoms with van der Waals surface area (Å²) in [4.78, 5) is 28.9. The van der Waals surface area contributed by atoms with Gasteiger partial charge in [0.2, 0.25) is 0 Å². The summed E-state index contributed by atoms with van der Waals surface area (Å²) in [5.41, 5.74) is 1.54. The van der Waals surface area contributed by atoms with Crippen molar-refractivity contribution in [2.24, 2.45) is 5.41 Å². The standard InChI is InChI=1S/C16H20N2O3/c1-16(2,3)11-7-9-18(10-8-11)14(19)12-5-4-6-13(17-12)15(20)21/h4-7H,8-10H2,1-3H3,(H,20,21). The minimum atomic E-state index is -1.13. The van der Waals surface area contributed by atoms with Crippen molar-refractivity contribution in [1.82, 2.24) is 9.88 Å². The van der Waals surface area contributed by atoms with Crippen molar-refractivity contribution >= 4 is 11.9 Å². The molecule has 0 spiro atoms. The number of carboxylic acid groups (broad SMARTS) is 1. The first-order chi connectivity index (χ1) is 9.79. The number of amides is 1. The van der Waals surface area contributed by atoms with Crippen molar-refractivity contribution < 1.29 is 14.7 Å². The largest absolute Gasteiger partial charge is 0.477 e. The van der Waals surface area contributed by atoms with Crippen LogP contribution in [0.15, 0.2) is 29.8 Å². The topological polar surface area (TPSA) is 70.5 Å². The van der Waals surface area contributed by atoms with Gasteiger partial charge in [0.05, 0.1) is 0 Å². The van der Waals surface area contributed by atoms with Gasteiger partial charge in [-0.15, -0.1) is 0 Å². The number of carbonyl (C=O) groups is 2. The van der Waals surface area contributed by atoms with Crippen molar-refractivity contribution in [1.29, 1.82) is 0 Å². The molecule has 0 fully saturated rings. The van der Waals surface area contributed by atoms with E-state index in [2.05, 4.69) is 31.8 Å². The van der Waals surface area contributed by atoms with Crippen molar-refractivity contribution in [2.45, 2.75) is 27.2 Å². The lowest BCUT2D eigenvalue weighted by Gasteiger charge is -2.32. The second kappa shape index (κ2) is 5.68. The van der Waals surface area contributed by atoms with Gasteiger partial charge in [0, 0.05) is 13.1 Å². The van der Waals surface area contributed by atoms with Crippen LogP contribution in [0.2, 0.25) is 0 Å². The average molecular weight is 288 g/mol. The van der Waals surface area contributed by atoms with Gasteiger partial charge < -0.3 is 10.0 Å². The number of aromatic carboxylic acids is 1. The number of rotatable bonds is 2. The summed E-state index contributed by atoms with van der Waals surface area (Å²) in [5, 5.41) is 8.93. The number of pyridine rings is 1. The van der Waals surface area contributed by atoms with Crippen LogP contribution in [0.3, 0.4) is 0 Å². The van der Waals surface area contributed by atoms with Crippen LogP contribution in [0.4, 0.5) is 0 Å². The molecule has 0 saturated carbocycles. The smallest absolute Gasteiger partial charge is 0.354 e. The Bertz CT molecular complexity index is 600. The Balaban J connectivity index is 2.14. The van der Waals surface area contributed by atoms with Crippen molar-refractivity contribution in [3.8, 4) is 0 Å². The molecule has 2 heterocycles. The minimum Gasteiger partial charge on any atom is -0.477 e. The molecule has 0 atom stereocenters. The fourth-order valence-corrected chi connectivity index (χ4v) is 2.37. The summed E-state index contributed by atoms with van der Waals surface area (Å²) in [7, 11) is 0. The third-order valence-corrected chi connectivity index (χ3v) is 3.65. The first kappa shape index (κ1) is 15.2. The van der Waals surface area contributed by atoms with E-state index >= 15 is 0 Å². The molecule has 5 nitrogen and oxygen atoms in total. The van der Waals surface area contributed by atoms with E-state index in [0.717, 1.165) is 6.42 Å². The summed E-state index contributed by atoms with van der Waals surface area (Å²) in [5.74, 6) is -1.35. The SMILES string of the molecule is CC(C)(C)C1=CCN(C(=O)c2cccc(C(=O)O)n2)CC1. The third-order valence-electron chi connectivity index (χ3n) is 3.65. The van der Waals surface area contributed by atoms with Crippen LogP contribution in [0.1, 0.15) is 48.2 Å². The molecule has 0 bridgehead atoms. The van der Waals surface area contributed by atoms with E-state index in [1.807, 2.05) is 0 Å². The Morgan fingerprint density at radius 1 is 1.24 bits per heavy atom. The molecule has 1 aliphatic rings. The number of nitrogens with zero attached hydrogens (tertiary/aromatic N) is 2. The zero-order valence-corrected chi connectivity index (χ0v) is 12.6. The van der Waals surface area contributed by atoms with E-state index in [1.165, 1.54) is 11.6 Å². The lowest BCUT2D eigenvalue weighted by atomic mass is 9.83. The number of carbonyl (C=O) groups excluding carboxylic acids is 1. The van der Waals surface area contributed by atoms with Crippen LogP contribution in [0.25, 0.3) is 0 Å². The Kier molecular flexibility index (Phi) is 4.11. The van der Waals surface area contributed by atoms with E-state index in [1.54, 1.807) is 17.0 Å². The zero-order valence-electron chi connectivity index (χ0n) is 12.6. The van der Waals surface area contributed by atoms with Crippen LogP contribution < -0.4 is 0 Å². The molecule has 0 aliphatic carbocycles. The molecule has 5 heteroatoms. The lowest BCUT2D eigenvalue weighted by Crippen LogP contribution is -2.37. The van der Waals surface area contributed by atoms with Crippen LogP contribution in [-0.4, -0.2) is 40.0 Å². The van der Waals surface area contributed by atoms with Gasteiger partial charge >= 0.3 is 5.97 Å².